The average molecular weight is 286 g/mol. The third-order valence-electron chi connectivity index (χ3n) is 4.95. The maximum absolute atomic E-state index is 11.7. The third-order valence-corrected chi connectivity index (χ3v) is 4.95. The molecule has 0 radical (unpaired) electrons. The van der Waals surface area contributed by atoms with Crippen molar-refractivity contribution in [2.24, 2.45) is 0 Å². The van der Waals surface area contributed by atoms with Crippen molar-refractivity contribution >= 4 is 11.5 Å². The van der Waals surface area contributed by atoms with Crippen LogP contribution in [0.4, 0.5) is 5.69 Å². The molecule has 0 saturated carbocycles. The van der Waals surface area contributed by atoms with Gasteiger partial charge in [-0.25, -0.2) is 0 Å². The van der Waals surface area contributed by atoms with Gasteiger partial charge >= 0.3 is 0 Å². The summed E-state index contributed by atoms with van der Waals surface area (Å²) in [5.74, 6) is 0.231. The van der Waals surface area contributed by atoms with E-state index in [4.69, 9.17) is 0 Å². The molecular weight excluding hydrogens is 260 g/mol. The van der Waals surface area contributed by atoms with E-state index in [0.29, 0.717) is 6.42 Å². The molecule has 0 amide bonds. The Labute approximate surface area is 127 Å². The van der Waals surface area contributed by atoms with E-state index in [0.717, 1.165) is 24.7 Å². The molecule has 0 spiro atoms. The van der Waals surface area contributed by atoms with Crippen LogP contribution in [-0.4, -0.2) is 42.9 Å². The minimum atomic E-state index is 0.231. The molecule has 2 fully saturated rings. The molecule has 1 aromatic carbocycles. The van der Waals surface area contributed by atoms with E-state index in [-0.39, 0.29) is 5.78 Å². The van der Waals surface area contributed by atoms with Crippen LogP contribution >= 0.6 is 0 Å². The number of hydrogen-bond acceptors (Lipinski definition) is 3. The lowest BCUT2D eigenvalue weighted by Gasteiger charge is -2.32. The van der Waals surface area contributed by atoms with E-state index >= 15 is 0 Å². The smallest absolute Gasteiger partial charge is 0.162 e. The van der Waals surface area contributed by atoms with Gasteiger partial charge in [0, 0.05) is 36.8 Å². The van der Waals surface area contributed by atoms with Gasteiger partial charge in [-0.1, -0.05) is 13.3 Å². The first-order chi connectivity index (χ1) is 10.3. The number of anilines is 1. The SMILES string of the molecule is CCC(=O)c1ccc(N2CCC(N3CCCCC3)C2)cc1. The van der Waals surface area contributed by atoms with Gasteiger partial charge in [-0.3, -0.25) is 9.69 Å². The first-order valence-electron chi connectivity index (χ1n) is 8.40. The molecule has 21 heavy (non-hydrogen) atoms. The summed E-state index contributed by atoms with van der Waals surface area (Å²) in [7, 11) is 0. The maximum atomic E-state index is 11.7. The number of nitrogens with zero attached hydrogens (tertiary/aromatic N) is 2. The highest BCUT2D eigenvalue weighted by molar-refractivity contribution is 5.96. The standard InChI is InChI=1S/C18H26N2O/c1-2-18(21)15-6-8-16(9-7-15)20-13-10-17(14-20)19-11-4-3-5-12-19/h6-9,17H,2-5,10-14H2,1H3. The Morgan fingerprint density at radius 3 is 2.48 bits per heavy atom. The summed E-state index contributed by atoms with van der Waals surface area (Å²) in [5, 5.41) is 0. The molecule has 0 N–H and O–H groups in total. The Kier molecular flexibility index (Phi) is 4.59. The Morgan fingerprint density at radius 2 is 1.81 bits per heavy atom. The molecule has 3 heteroatoms. The van der Waals surface area contributed by atoms with E-state index < -0.39 is 0 Å². The first kappa shape index (κ1) is 14.6. The van der Waals surface area contributed by atoms with Crippen molar-refractivity contribution in [1.82, 2.24) is 4.90 Å². The molecule has 2 saturated heterocycles. The molecular formula is C18H26N2O. The van der Waals surface area contributed by atoms with Gasteiger partial charge in [-0.05, 0) is 56.6 Å². The number of Topliss-reactive ketones (excluding diaryl/α,β-unsaturated/α-hetero) is 1. The maximum Gasteiger partial charge on any atom is 0.162 e. The second kappa shape index (κ2) is 6.61. The van der Waals surface area contributed by atoms with Crippen molar-refractivity contribution < 1.29 is 4.79 Å². The van der Waals surface area contributed by atoms with Gasteiger partial charge < -0.3 is 4.90 Å². The number of likely N-dealkylation sites (tertiary alicyclic amines) is 1. The highest BCUT2D eigenvalue weighted by atomic mass is 16.1. The van der Waals surface area contributed by atoms with Gasteiger partial charge in [0.15, 0.2) is 5.78 Å². The second-order valence-electron chi connectivity index (χ2n) is 6.31. The van der Waals surface area contributed by atoms with Crippen molar-refractivity contribution in [2.45, 2.75) is 45.1 Å². The van der Waals surface area contributed by atoms with Gasteiger partial charge in [-0.2, -0.15) is 0 Å². The summed E-state index contributed by atoms with van der Waals surface area (Å²) in [6, 6.07) is 8.91. The van der Waals surface area contributed by atoms with Crippen LogP contribution in [-0.2, 0) is 0 Å². The number of ketones is 1. The monoisotopic (exact) mass is 286 g/mol. The number of benzene rings is 1. The van der Waals surface area contributed by atoms with Gasteiger partial charge in [-0.15, -0.1) is 0 Å². The lowest BCUT2D eigenvalue weighted by Crippen LogP contribution is -2.40. The summed E-state index contributed by atoms with van der Waals surface area (Å²) < 4.78 is 0. The highest BCUT2D eigenvalue weighted by Gasteiger charge is 2.28. The van der Waals surface area contributed by atoms with Crippen LogP contribution in [0.1, 0.15) is 49.4 Å². The van der Waals surface area contributed by atoms with Crippen LogP contribution in [0.15, 0.2) is 24.3 Å². The zero-order chi connectivity index (χ0) is 14.7. The summed E-state index contributed by atoms with van der Waals surface area (Å²) >= 11 is 0. The van der Waals surface area contributed by atoms with Crippen LogP contribution in [0.2, 0.25) is 0 Å². The highest BCUT2D eigenvalue weighted by Crippen LogP contribution is 2.25. The van der Waals surface area contributed by atoms with Gasteiger partial charge in [0.1, 0.15) is 0 Å². The van der Waals surface area contributed by atoms with E-state index in [1.807, 2.05) is 19.1 Å². The van der Waals surface area contributed by atoms with Gasteiger partial charge in [0.05, 0.1) is 0 Å². The number of piperidine rings is 1. The Morgan fingerprint density at radius 1 is 1.10 bits per heavy atom. The van der Waals surface area contributed by atoms with Gasteiger partial charge in [0.25, 0.3) is 0 Å². The number of rotatable bonds is 4. The topological polar surface area (TPSA) is 23.6 Å². The number of carbonyl (C=O) groups is 1. The van der Waals surface area contributed by atoms with E-state index in [9.17, 15) is 4.79 Å². The van der Waals surface area contributed by atoms with Gasteiger partial charge in [0.2, 0.25) is 0 Å². The second-order valence-corrected chi connectivity index (χ2v) is 6.31. The number of hydrogen-bond donors (Lipinski definition) is 0. The molecule has 2 aliphatic heterocycles. The molecule has 2 aliphatic rings. The van der Waals surface area contributed by atoms with Crippen LogP contribution in [0.5, 0.6) is 0 Å². The van der Waals surface area contributed by atoms with Crippen molar-refractivity contribution in [3.63, 3.8) is 0 Å². The Bertz CT molecular complexity index is 476. The molecule has 0 bridgehead atoms. The van der Waals surface area contributed by atoms with E-state index in [2.05, 4.69) is 21.9 Å². The summed E-state index contributed by atoms with van der Waals surface area (Å²) in [4.78, 5) is 16.8. The zero-order valence-corrected chi connectivity index (χ0v) is 13.1. The van der Waals surface area contributed by atoms with Crippen LogP contribution in [0.3, 0.4) is 0 Å². The summed E-state index contributed by atoms with van der Waals surface area (Å²) in [5.41, 5.74) is 2.11. The van der Waals surface area contributed by atoms with Crippen molar-refractivity contribution in [3.05, 3.63) is 29.8 Å². The molecule has 114 valence electrons. The lowest BCUT2D eigenvalue weighted by atomic mass is 10.1. The lowest BCUT2D eigenvalue weighted by molar-refractivity contribution is 0.0988. The van der Waals surface area contributed by atoms with Crippen LogP contribution in [0.25, 0.3) is 0 Å². The van der Waals surface area contributed by atoms with Crippen LogP contribution in [0, 0.1) is 0 Å². The first-order valence-corrected chi connectivity index (χ1v) is 8.40. The fourth-order valence-electron chi connectivity index (χ4n) is 3.62. The molecule has 1 unspecified atom stereocenters. The molecule has 3 rings (SSSR count). The molecule has 1 aromatic rings. The Balaban J connectivity index is 1.61. The molecule has 0 aliphatic carbocycles. The quantitative estimate of drug-likeness (QED) is 0.793. The van der Waals surface area contributed by atoms with Crippen molar-refractivity contribution in [2.75, 3.05) is 31.1 Å². The Hall–Kier alpha value is -1.35. The molecule has 0 aromatic heterocycles. The van der Waals surface area contributed by atoms with E-state index in [1.165, 1.54) is 44.5 Å². The number of carbonyl (C=O) groups excluding carboxylic acids is 1. The van der Waals surface area contributed by atoms with Crippen molar-refractivity contribution in [1.29, 1.82) is 0 Å². The molecule has 2 heterocycles. The van der Waals surface area contributed by atoms with Crippen LogP contribution < -0.4 is 4.90 Å². The normalized spacial score (nSPS) is 23.5. The van der Waals surface area contributed by atoms with Crippen molar-refractivity contribution in [3.8, 4) is 0 Å². The fourth-order valence-corrected chi connectivity index (χ4v) is 3.62. The minimum absolute atomic E-state index is 0.231. The zero-order valence-electron chi connectivity index (χ0n) is 13.1. The summed E-state index contributed by atoms with van der Waals surface area (Å²) in [6.07, 6.45) is 5.99. The fraction of sp³-hybridized carbons (Fsp3) is 0.611. The average Bonchev–Trinajstić information content (AvgIpc) is 3.05. The predicted octanol–water partition coefficient (Wildman–Crippen LogP) is 3.34. The summed E-state index contributed by atoms with van der Waals surface area (Å²) in [6.45, 7) is 6.76. The third kappa shape index (κ3) is 3.29. The molecule has 1 atom stereocenters. The molecule has 3 nitrogen and oxygen atoms in total. The van der Waals surface area contributed by atoms with E-state index in [1.54, 1.807) is 0 Å². The largest absolute Gasteiger partial charge is 0.370 e. The predicted molar refractivity (Wildman–Crippen MR) is 87.1 cm³/mol. The minimum Gasteiger partial charge on any atom is -0.370 e.